The third kappa shape index (κ3) is 3.31. The van der Waals surface area contributed by atoms with Crippen LogP contribution < -0.4 is 9.47 Å². The van der Waals surface area contributed by atoms with Crippen molar-refractivity contribution in [2.45, 2.75) is 11.8 Å². The van der Waals surface area contributed by atoms with Crippen LogP contribution >= 0.6 is 39.1 Å². The number of methoxy groups -OCH3 is 2. The fourth-order valence-electron chi connectivity index (χ4n) is 2.13. The minimum Gasteiger partial charge on any atom is -0.493 e. The zero-order valence-electron chi connectivity index (χ0n) is 11.9. The van der Waals surface area contributed by atoms with Crippen molar-refractivity contribution >= 4 is 39.1 Å². The zero-order valence-corrected chi connectivity index (χ0v) is 15.0. The number of alkyl halides is 1. The van der Waals surface area contributed by atoms with E-state index in [9.17, 15) is 0 Å². The molecule has 0 saturated carbocycles. The van der Waals surface area contributed by atoms with Crippen molar-refractivity contribution in [1.29, 1.82) is 0 Å². The highest BCUT2D eigenvalue weighted by Crippen LogP contribution is 2.42. The first-order chi connectivity index (χ1) is 9.99. The Hall–Kier alpha value is -0.900. The standard InChI is InChI=1S/C16H15BrCl2O2/c1-9-10(5-4-6-12(9)18)16(17)11-7-14(20-2)15(21-3)8-13(11)19/h4-8,16H,1-3H3. The van der Waals surface area contributed by atoms with Crippen molar-refractivity contribution in [2.75, 3.05) is 14.2 Å². The first kappa shape index (κ1) is 16.5. The lowest BCUT2D eigenvalue weighted by Crippen LogP contribution is -1.99. The molecule has 0 bridgehead atoms. The van der Waals surface area contributed by atoms with E-state index in [1.54, 1.807) is 20.3 Å². The monoisotopic (exact) mass is 388 g/mol. The van der Waals surface area contributed by atoms with Crippen LogP contribution in [0.2, 0.25) is 10.0 Å². The van der Waals surface area contributed by atoms with Gasteiger partial charge < -0.3 is 9.47 Å². The molecular formula is C16H15BrCl2O2. The van der Waals surface area contributed by atoms with Crippen LogP contribution in [-0.4, -0.2) is 14.2 Å². The summed E-state index contributed by atoms with van der Waals surface area (Å²) < 4.78 is 10.6. The second kappa shape index (κ2) is 6.91. The van der Waals surface area contributed by atoms with E-state index in [1.807, 2.05) is 31.2 Å². The molecule has 0 saturated heterocycles. The summed E-state index contributed by atoms with van der Waals surface area (Å²) in [5.74, 6) is 1.25. The summed E-state index contributed by atoms with van der Waals surface area (Å²) in [4.78, 5) is -0.0801. The number of halogens is 3. The maximum Gasteiger partial charge on any atom is 0.162 e. The van der Waals surface area contributed by atoms with Gasteiger partial charge in [0.05, 0.1) is 19.0 Å². The zero-order chi connectivity index (χ0) is 15.6. The topological polar surface area (TPSA) is 18.5 Å². The summed E-state index contributed by atoms with van der Waals surface area (Å²) in [5, 5.41) is 1.34. The van der Waals surface area contributed by atoms with Gasteiger partial charge in [-0.15, -0.1) is 0 Å². The van der Waals surface area contributed by atoms with Crippen LogP contribution in [0.25, 0.3) is 0 Å². The SMILES string of the molecule is COc1cc(Cl)c(C(Br)c2cccc(Cl)c2C)cc1OC. The van der Waals surface area contributed by atoms with E-state index in [0.29, 0.717) is 16.5 Å². The second-order valence-corrected chi connectivity index (χ2v) is 6.28. The average Bonchev–Trinajstić information content (AvgIpc) is 2.49. The molecule has 2 nitrogen and oxygen atoms in total. The molecule has 0 radical (unpaired) electrons. The highest BCUT2D eigenvalue weighted by molar-refractivity contribution is 9.09. The molecule has 1 unspecified atom stereocenters. The van der Waals surface area contributed by atoms with Gasteiger partial charge in [0.15, 0.2) is 11.5 Å². The van der Waals surface area contributed by atoms with E-state index in [2.05, 4.69) is 15.9 Å². The van der Waals surface area contributed by atoms with Crippen molar-refractivity contribution in [2.24, 2.45) is 0 Å². The van der Waals surface area contributed by atoms with Crippen LogP contribution in [0, 0.1) is 6.92 Å². The van der Waals surface area contributed by atoms with Gasteiger partial charge in [-0.05, 0) is 35.7 Å². The van der Waals surface area contributed by atoms with E-state index in [1.165, 1.54) is 0 Å². The van der Waals surface area contributed by atoms with Crippen LogP contribution in [0.5, 0.6) is 11.5 Å². The number of hydrogen-bond donors (Lipinski definition) is 0. The predicted molar refractivity (Wildman–Crippen MR) is 91.5 cm³/mol. The fraction of sp³-hybridized carbons (Fsp3) is 0.250. The quantitative estimate of drug-likeness (QED) is 0.615. The Morgan fingerprint density at radius 2 is 1.57 bits per heavy atom. The molecule has 112 valence electrons. The van der Waals surface area contributed by atoms with Gasteiger partial charge in [0.2, 0.25) is 0 Å². The van der Waals surface area contributed by atoms with Gasteiger partial charge in [-0.2, -0.15) is 0 Å². The molecule has 0 heterocycles. The molecule has 2 aromatic rings. The molecule has 0 N–H and O–H groups in total. The van der Waals surface area contributed by atoms with Gasteiger partial charge in [-0.1, -0.05) is 51.3 Å². The summed E-state index contributed by atoms with van der Waals surface area (Å²) in [7, 11) is 3.18. The molecule has 0 fully saturated rings. The number of rotatable bonds is 4. The third-order valence-electron chi connectivity index (χ3n) is 3.36. The minimum absolute atomic E-state index is 0.0801. The first-order valence-corrected chi connectivity index (χ1v) is 7.97. The van der Waals surface area contributed by atoms with Gasteiger partial charge in [0.25, 0.3) is 0 Å². The van der Waals surface area contributed by atoms with Gasteiger partial charge in [0.1, 0.15) is 0 Å². The first-order valence-electron chi connectivity index (χ1n) is 6.30. The molecule has 2 rings (SSSR count). The molecule has 0 aliphatic heterocycles. The average molecular weight is 390 g/mol. The third-order valence-corrected chi connectivity index (χ3v) is 5.08. The molecule has 21 heavy (non-hydrogen) atoms. The van der Waals surface area contributed by atoms with E-state index in [4.69, 9.17) is 32.7 Å². The summed E-state index contributed by atoms with van der Waals surface area (Å²) in [6, 6.07) is 9.45. The van der Waals surface area contributed by atoms with Crippen LogP contribution in [0.15, 0.2) is 30.3 Å². The molecule has 5 heteroatoms. The van der Waals surface area contributed by atoms with Gasteiger partial charge in [-0.25, -0.2) is 0 Å². The van der Waals surface area contributed by atoms with Gasteiger partial charge in [-0.3, -0.25) is 0 Å². The molecule has 0 aliphatic rings. The van der Waals surface area contributed by atoms with E-state index in [0.717, 1.165) is 21.7 Å². The largest absolute Gasteiger partial charge is 0.493 e. The summed E-state index contributed by atoms with van der Waals surface area (Å²) in [5.41, 5.74) is 2.99. The lowest BCUT2D eigenvalue weighted by atomic mass is 10.00. The predicted octanol–water partition coefficient (Wildman–Crippen LogP) is 5.80. The molecule has 0 aliphatic carbocycles. The van der Waals surface area contributed by atoms with Crippen molar-refractivity contribution in [3.63, 3.8) is 0 Å². The normalized spacial score (nSPS) is 12.1. The Labute approximate surface area is 143 Å². The Bertz CT molecular complexity index is 659. The Morgan fingerprint density at radius 3 is 2.19 bits per heavy atom. The van der Waals surface area contributed by atoms with Gasteiger partial charge >= 0.3 is 0 Å². The van der Waals surface area contributed by atoms with E-state index in [-0.39, 0.29) is 4.83 Å². The maximum absolute atomic E-state index is 6.38. The highest BCUT2D eigenvalue weighted by atomic mass is 79.9. The van der Waals surface area contributed by atoms with E-state index >= 15 is 0 Å². The van der Waals surface area contributed by atoms with Crippen LogP contribution in [-0.2, 0) is 0 Å². The molecule has 0 aromatic heterocycles. The van der Waals surface area contributed by atoms with Crippen LogP contribution in [0.3, 0.4) is 0 Å². The molecule has 1 atom stereocenters. The minimum atomic E-state index is -0.0801. The summed E-state index contributed by atoms with van der Waals surface area (Å²) in [6.07, 6.45) is 0. The molecular weight excluding hydrogens is 375 g/mol. The van der Waals surface area contributed by atoms with Crippen LogP contribution in [0.1, 0.15) is 21.5 Å². The van der Waals surface area contributed by atoms with Crippen molar-refractivity contribution < 1.29 is 9.47 Å². The lowest BCUT2D eigenvalue weighted by molar-refractivity contribution is 0.354. The molecule has 0 spiro atoms. The summed E-state index contributed by atoms with van der Waals surface area (Å²) >= 11 is 16.3. The lowest BCUT2D eigenvalue weighted by Gasteiger charge is -2.18. The Morgan fingerprint density at radius 1 is 0.952 bits per heavy atom. The van der Waals surface area contributed by atoms with Crippen molar-refractivity contribution in [1.82, 2.24) is 0 Å². The Balaban J connectivity index is 2.53. The van der Waals surface area contributed by atoms with E-state index < -0.39 is 0 Å². The van der Waals surface area contributed by atoms with Crippen molar-refractivity contribution in [3.05, 3.63) is 57.1 Å². The molecule has 0 amide bonds. The van der Waals surface area contributed by atoms with Gasteiger partial charge in [0, 0.05) is 16.1 Å². The van der Waals surface area contributed by atoms with Crippen molar-refractivity contribution in [3.8, 4) is 11.5 Å². The number of hydrogen-bond acceptors (Lipinski definition) is 2. The second-order valence-electron chi connectivity index (χ2n) is 4.55. The smallest absolute Gasteiger partial charge is 0.162 e. The Kier molecular flexibility index (Phi) is 5.42. The number of ether oxygens (including phenoxy) is 2. The fourth-order valence-corrected chi connectivity index (χ4v) is 3.58. The number of benzene rings is 2. The van der Waals surface area contributed by atoms with Crippen LogP contribution in [0.4, 0.5) is 0 Å². The maximum atomic E-state index is 6.38. The highest BCUT2D eigenvalue weighted by Gasteiger charge is 2.19. The molecule has 2 aromatic carbocycles. The summed E-state index contributed by atoms with van der Waals surface area (Å²) in [6.45, 7) is 1.99.